The third-order valence-corrected chi connectivity index (χ3v) is 6.73. The van der Waals surface area contributed by atoms with Crippen LogP contribution in [0.3, 0.4) is 0 Å². The number of likely N-dealkylation sites (tertiary alicyclic amines) is 1. The van der Waals surface area contributed by atoms with Crippen LogP contribution in [0.25, 0.3) is 10.2 Å². The minimum Gasteiger partial charge on any atom is -0.339 e. The number of hydrogen-bond acceptors (Lipinski definition) is 5. The van der Waals surface area contributed by atoms with E-state index in [4.69, 9.17) is 0 Å². The van der Waals surface area contributed by atoms with Crippen LogP contribution in [0.5, 0.6) is 0 Å². The number of thiophene rings is 1. The van der Waals surface area contributed by atoms with E-state index in [9.17, 15) is 9.59 Å². The number of thioether (sulfide) groups is 1. The summed E-state index contributed by atoms with van der Waals surface area (Å²) in [5.74, 6) is 0.474. The van der Waals surface area contributed by atoms with Gasteiger partial charge in [-0.05, 0) is 45.1 Å². The number of piperidine rings is 1. The molecule has 0 aromatic carbocycles. The van der Waals surface area contributed by atoms with E-state index < -0.39 is 0 Å². The first-order valence-corrected chi connectivity index (χ1v) is 10.2. The molecular weight excluding hydrogens is 342 g/mol. The maximum atomic E-state index is 12.5. The van der Waals surface area contributed by atoms with Crippen LogP contribution in [0.1, 0.15) is 43.0 Å². The largest absolute Gasteiger partial charge is 0.339 e. The maximum Gasteiger partial charge on any atom is 0.260 e. The Hall–Kier alpha value is -1.34. The first-order valence-electron chi connectivity index (χ1n) is 8.43. The number of carbonyl (C=O) groups is 1. The molecule has 1 fully saturated rings. The molecule has 5 nitrogen and oxygen atoms in total. The number of aromatic amines is 1. The molecule has 1 aliphatic heterocycles. The van der Waals surface area contributed by atoms with E-state index in [1.807, 2.05) is 18.7 Å². The van der Waals surface area contributed by atoms with E-state index in [2.05, 4.69) is 16.9 Å². The van der Waals surface area contributed by atoms with Crippen molar-refractivity contribution in [1.29, 1.82) is 0 Å². The van der Waals surface area contributed by atoms with Crippen LogP contribution >= 0.6 is 23.1 Å². The maximum absolute atomic E-state index is 12.5. The summed E-state index contributed by atoms with van der Waals surface area (Å²) in [6.07, 6.45) is 4.40. The molecule has 0 aliphatic carbocycles. The van der Waals surface area contributed by atoms with E-state index in [1.165, 1.54) is 29.5 Å². The number of carbonyl (C=O) groups excluding carboxylic acids is 1. The van der Waals surface area contributed by atoms with Gasteiger partial charge in [0.1, 0.15) is 4.83 Å². The predicted molar refractivity (Wildman–Crippen MR) is 100 cm³/mol. The van der Waals surface area contributed by atoms with Gasteiger partial charge in [0, 0.05) is 17.5 Å². The molecule has 24 heavy (non-hydrogen) atoms. The van der Waals surface area contributed by atoms with Crippen molar-refractivity contribution < 1.29 is 4.79 Å². The molecule has 0 radical (unpaired) electrons. The lowest BCUT2D eigenvalue weighted by Crippen LogP contribution is -2.44. The molecule has 0 saturated carbocycles. The summed E-state index contributed by atoms with van der Waals surface area (Å²) in [4.78, 5) is 36.0. The standard InChI is InChI=1S/C17H23N3O2S2/c1-4-12-7-5-6-8-20(12)13(21)9-23-17-18-15(22)14-10(2)11(3)24-16(14)19-17/h12H,4-9H2,1-3H3,(H,18,19,22)/t12-/m0/s1. The van der Waals surface area contributed by atoms with Crippen LogP contribution in [0, 0.1) is 13.8 Å². The van der Waals surface area contributed by atoms with E-state index in [-0.39, 0.29) is 11.5 Å². The summed E-state index contributed by atoms with van der Waals surface area (Å²) in [5.41, 5.74) is 0.886. The van der Waals surface area contributed by atoms with E-state index in [0.717, 1.165) is 41.1 Å². The average molecular weight is 366 g/mol. The fourth-order valence-corrected chi connectivity index (χ4v) is 5.10. The first kappa shape index (κ1) is 17.5. The zero-order valence-corrected chi connectivity index (χ0v) is 16.0. The van der Waals surface area contributed by atoms with Crippen molar-refractivity contribution in [2.24, 2.45) is 0 Å². The average Bonchev–Trinajstić information content (AvgIpc) is 2.87. The minimum atomic E-state index is -0.110. The van der Waals surface area contributed by atoms with Crippen LogP contribution in [-0.2, 0) is 4.79 Å². The Morgan fingerprint density at radius 2 is 2.21 bits per heavy atom. The smallest absolute Gasteiger partial charge is 0.260 e. The molecule has 1 N–H and O–H groups in total. The van der Waals surface area contributed by atoms with Gasteiger partial charge in [0.05, 0.1) is 11.1 Å². The molecule has 1 amide bonds. The molecule has 7 heteroatoms. The predicted octanol–water partition coefficient (Wildman–Crippen LogP) is 3.48. The molecular formula is C17H23N3O2S2. The molecule has 0 unspecified atom stereocenters. The van der Waals surface area contributed by atoms with Gasteiger partial charge in [-0.1, -0.05) is 18.7 Å². The van der Waals surface area contributed by atoms with Crippen LogP contribution in [0.4, 0.5) is 0 Å². The van der Waals surface area contributed by atoms with Gasteiger partial charge in [-0.3, -0.25) is 9.59 Å². The summed E-state index contributed by atoms with van der Waals surface area (Å²) in [6.45, 7) is 6.93. The quantitative estimate of drug-likeness (QED) is 0.665. The van der Waals surface area contributed by atoms with E-state index >= 15 is 0 Å². The molecule has 2 aromatic heterocycles. The summed E-state index contributed by atoms with van der Waals surface area (Å²) in [7, 11) is 0. The zero-order valence-electron chi connectivity index (χ0n) is 14.3. The number of aromatic nitrogens is 2. The minimum absolute atomic E-state index is 0.110. The third-order valence-electron chi connectivity index (χ3n) is 4.77. The van der Waals surface area contributed by atoms with Crippen LogP contribution < -0.4 is 5.56 Å². The Labute approximate surface area is 149 Å². The van der Waals surface area contributed by atoms with Crippen molar-refractivity contribution in [3.63, 3.8) is 0 Å². The van der Waals surface area contributed by atoms with Gasteiger partial charge < -0.3 is 9.88 Å². The molecule has 3 rings (SSSR count). The summed E-state index contributed by atoms with van der Waals surface area (Å²) in [5, 5.41) is 1.21. The highest BCUT2D eigenvalue weighted by Gasteiger charge is 2.25. The Kier molecular flexibility index (Phi) is 5.30. The number of nitrogens with one attached hydrogen (secondary N) is 1. The second-order valence-electron chi connectivity index (χ2n) is 6.27. The highest BCUT2D eigenvalue weighted by molar-refractivity contribution is 7.99. The first-order chi connectivity index (χ1) is 11.5. The fourth-order valence-electron chi connectivity index (χ4n) is 3.27. The van der Waals surface area contributed by atoms with E-state index in [1.54, 1.807) is 0 Å². The number of hydrogen-bond donors (Lipinski definition) is 1. The van der Waals surface area contributed by atoms with Gasteiger partial charge in [0.2, 0.25) is 5.91 Å². The molecule has 0 bridgehead atoms. The molecule has 1 saturated heterocycles. The van der Waals surface area contributed by atoms with Gasteiger partial charge in [-0.15, -0.1) is 11.3 Å². The van der Waals surface area contributed by atoms with Gasteiger partial charge in [0.25, 0.3) is 5.56 Å². The van der Waals surface area contributed by atoms with Crippen LogP contribution in [-0.4, -0.2) is 39.1 Å². The molecule has 3 heterocycles. The fraction of sp³-hybridized carbons (Fsp3) is 0.588. The van der Waals surface area contributed by atoms with Crippen molar-refractivity contribution in [3.8, 4) is 0 Å². The highest BCUT2D eigenvalue weighted by Crippen LogP contribution is 2.27. The van der Waals surface area contributed by atoms with Gasteiger partial charge in [-0.25, -0.2) is 4.98 Å². The van der Waals surface area contributed by atoms with Crippen molar-refractivity contribution in [1.82, 2.24) is 14.9 Å². The molecule has 1 atom stereocenters. The second kappa shape index (κ2) is 7.27. The topological polar surface area (TPSA) is 66.1 Å². The molecule has 2 aromatic rings. The lowest BCUT2D eigenvalue weighted by Gasteiger charge is -2.35. The Morgan fingerprint density at radius 3 is 2.96 bits per heavy atom. The summed E-state index contributed by atoms with van der Waals surface area (Å²) in [6, 6.07) is 0.365. The number of aryl methyl sites for hydroxylation is 2. The Morgan fingerprint density at radius 1 is 1.42 bits per heavy atom. The third kappa shape index (κ3) is 3.37. The summed E-state index contributed by atoms with van der Waals surface area (Å²) >= 11 is 2.86. The number of H-pyrrole nitrogens is 1. The van der Waals surface area contributed by atoms with Gasteiger partial charge in [0.15, 0.2) is 5.16 Å². The van der Waals surface area contributed by atoms with Crippen molar-refractivity contribution in [2.45, 2.75) is 57.7 Å². The van der Waals surface area contributed by atoms with Crippen molar-refractivity contribution in [2.75, 3.05) is 12.3 Å². The van der Waals surface area contributed by atoms with Crippen molar-refractivity contribution >= 4 is 39.2 Å². The number of nitrogens with zero attached hydrogens (tertiary/aromatic N) is 2. The number of rotatable bonds is 4. The zero-order chi connectivity index (χ0) is 17.3. The SMILES string of the molecule is CC[C@H]1CCCCN1C(=O)CSc1nc2sc(C)c(C)c2c(=O)[nH]1. The normalized spacial score (nSPS) is 18.3. The second-order valence-corrected chi connectivity index (χ2v) is 8.44. The highest BCUT2D eigenvalue weighted by atomic mass is 32.2. The molecule has 0 spiro atoms. The molecule has 1 aliphatic rings. The molecule has 130 valence electrons. The van der Waals surface area contributed by atoms with Crippen LogP contribution in [0.2, 0.25) is 0 Å². The number of fused-ring (bicyclic) bond motifs is 1. The van der Waals surface area contributed by atoms with E-state index in [0.29, 0.717) is 22.3 Å². The Balaban J connectivity index is 1.73. The van der Waals surface area contributed by atoms with Crippen LogP contribution in [0.15, 0.2) is 9.95 Å². The van der Waals surface area contributed by atoms with Crippen molar-refractivity contribution in [3.05, 3.63) is 20.8 Å². The Bertz CT molecular complexity index is 812. The van der Waals surface area contributed by atoms with Gasteiger partial charge in [-0.2, -0.15) is 0 Å². The summed E-state index contributed by atoms with van der Waals surface area (Å²) < 4.78 is 0. The lowest BCUT2D eigenvalue weighted by atomic mass is 10.0. The number of amides is 1. The van der Waals surface area contributed by atoms with Gasteiger partial charge >= 0.3 is 0 Å². The lowest BCUT2D eigenvalue weighted by molar-refractivity contribution is -0.132. The monoisotopic (exact) mass is 365 g/mol.